The molecule has 0 saturated heterocycles. The van der Waals surface area contributed by atoms with E-state index in [1.165, 1.54) is 29.0 Å². The number of hydrogen-bond donors (Lipinski definition) is 1. The third kappa shape index (κ3) is 4.98. The maximum absolute atomic E-state index is 13.2. The molecule has 3 rings (SSSR count). The third-order valence-corrected chi connectivity index (χ3v) is 5.22. The van der Waals surface area contributed by atoms with Crippen molar-refractivity contribution >= 4 is 34.2 Å². The van der Waals surface area contributed by atoms with Crippen LogP contribution in [0, 0.1) is 23.1 Å². The van der Waals surface area contributed by atoms with Crippen LogP contribution in [0.5, 0.6) is 0 Å². The average Bonchev–Trinajstić information content (AvgIpc) is 3.15. The van der Waals surface area contributed by atoms with E-state index >= 15 is 0 Å². The molecule has 0 aliphatic rings. The summed E-state index contributed by atoms with van der Waals surface area (Å²) in [4.78, 5) is 4.59. The lowest BCUT2D eigenvalue weighted by Crippen LogP contribution is -1.93. The van der Waals surface area contributed by atoms with Crippen molar-refractivity contribution in [2.75, 3.05) is 5.32 Å². The second-order valence-electron chi connectivity index (χ2n) is 6.78. The molecule has 1 N–H and O–H groups in total. The van der Waals surface area contributed by atoms with E-state index in [4.69, 9.17) is 11.6 Å². The summed E-state index contributed by atoms with van der Waals surface area (Å²) in [6, 6.07) is 14.8. The largest absolute Gasteiger partial charge is 0.360 e. The van der Waals surface area contributed by atoms with Crippen molar-refractivity contribution in [3.63, 3.8) is 0 Å². The zero-order valence-corrected chi connectivity index (χ0v) is 17.1. The highest BCUT2D eigenvalue weighted by molar-refractivity contribution is 7.11. The predicted octanol–water partition coefficient (Wildman–Crippen LogP) is 6.78. The minimum Gasteiger partial charge on any atom is -0.360 e. The number of halogens is 2. The molecule has 0 spiro atoms. The van der Waals surface area contributed by atoms with Gasteiger partial charge in [-0.05, 0) is 36.1 Å². The number of rotatable bonds is 6. The molecule has 0 radical (unpaired) electrons. The molecule has 0 aliphatic carbocycles. The van der Waals surface area contributed by atoms with Gasteiger partial charge in [-0.15, -0.1) is 11.3 Å². The van der Waals surface area contributed by atoms with E-state index in [2.05, 4.69) is 54.5 Å². The Morgan fingerprint density at radius 2 is 2.04 bits per heavy atom. The molecule has 142 valence electrons. The molecule has 2 aromatic carbocycles. The van der Waals surface area contributed by atoms with Gasteiger partial charge in [-0.1, -0.05) is 49.7 Å². The fourth-order valence-corrected chi connectivity index (χ4v) is 3.67. The van der Waals surface area contributed by atoms with Crippen molar-refractivity contribution in [1.82, 2.24) is 4.98 Å². The van der Waals surface area contributed by atoms with Gasteiger partial charge in [0.2, 0.25) is 0 Å². The number of allylic oxidation sites excluding steroid dienone is 1. The summed E-state index contributed by atoms with van der Waals surface area (Å²) >= 11 is 7.18. The molecule has 1 heterocycles. The molecule has 1 aromatic heterocycles. The molecule has 0 unspecified atom stereocenters. The summed E-state index contributed by atoms with van der Waals surface area (Å²) < 4.78 is 13.2. The van der Waals surface area contributed by atoms with Crippen LogP contribution in [0.3, 0.4) is 0 Å². The molecular weight excluding hydrogens is 393 g/mol. The predicted molar refractivity (Wildman–Crippen MR) is 115 cm³/mol. The first-order valence-corrected chi connectivity index (χ1v) is 10.1. The summed E-state index contributed by atoms with van der Waals surface area (Å²) in [5.74, 6) is 0.129. The summed E-state index contributed by atoms with van der Waals surface area (Å²) in [5.41, 5.74) is 4.14. The van der Waals surface area contributed by atoms with Crippen molar-refractivity contribution < 1.29 is 4.39 Å². The van der Waals surface area contributed by atoms with Gasteiger partial charge in [0.15, 0.2) is 0 Å². The molecule has 0 fully saturated rings. The van der Waals surface area contributed by atoms with E-state index in [-0.39, 0.29) is 5.02 Å². The van der Waals surface area contributed by atoms with Crippen LogP contribution in [0.2, 0.25) is 5.02 Å². The molecule has 0 saturated carbocycles. The molecule has 28 heavy (non-hydrogen) atoms. The standard InChI is InChI=1S/C22H19ClFN3S/c1-14(2)9-15-3-5-16(6-4-15)21-13-28-22(27-21)17(11-25)12-26-18-7-8-20(24)19(23)10-18/h3-8,10,12-14,26H,9H2,1-2H3/b17-12+. The van der Waals surface area contributed by atoms with E-state index in [0.717, 1.165) is 17.7 Å². The van der Waals surface area contributed by atoms with Crippen molar-refractivity contribution in [2.24, 2.45) is 5.92 Å². The van der Waals surface area contributed by atoms with Gasteiger partial charge in [-0.2, -0.15) is 5.26 Å². The lowest BCUT2D eigenvalue weighted by molar-refractivity contribution is 0.628. The minimum absolute atomic E-state index is 0.0226. The van der Waals surface area contributed by atoms with Gasteiger partial charge < -0.3 is 5.32 Å². The lowest BCUT2D eigenvalue weighted by Gasteiger charge is -2.05. The number of hydrogen-bond acceptors (Lipinski definition) is 4. The van der Waals surface area contributed by atoms with Gasteiger partial charge in [0.25, 0.3) is 0 Å². The molecule has 0 atom stereocenters. The first-order chi connectivity index (χ1) is 13.5. The molecular formula is C22H19ClFN3S. The third-order valence-electron chi connectivity index (χ3n) is 4.05. The summed E-state index contributed by atoms with van der Waals surface area (Å²) in [6.07, 6.45) is 2.60. The Labute approximate surface area is 173 Å². The number of aromatic nitrogens is 1. The fraction of sp³-hybridized carbons (Fsp3) is 0.182. The average molecular weight is 412 g/mol. The van der Waals surface area contributed by atoms with Gasteiger partial charge in [0, 0.05) is 22.8 Å². The molecule has 3 nitrogen and oxygen atoms in total. The number of benzene rings is 2. The zero-order chi connectivity index (χ0) is 20.1. The summed E-state index contributed by atoms with van der Waals surface area (Å²) in [7, 11) is 0. The van der Waals surface area contributed by atoms with E-state index < -0.39 is 5.82 Å². The van der Waals surface area contributed by atoms with Crippen LogP contribution in [-0.4, -0.2) is 4.98 Å². The van der Waals surface area contributed by atoms with Crippen LogP contribution in [0.1, 0.15) is 24.4 Å². The van der Waals surface area contributed by atoms with Crippen molar-refractivity contribution in [1.29, 1.82) is 5.26 Å². The first kappa shape index (κ1) is 20.1. The number of thiazole rings is 1. The smallest absolute Gasteiger partial charge is 0.141 e. The Morgan fingerprint density at radius 1 is 1.29 bits per heavy atom. The van der Waals surface area contributed by atoms with E-state index in [9.17, 15) is 9.65 Å². The molecule has 0 amide bonds. The van der Waals surface area contributed by atoms with Crippen LogP contribution >= 0.6 is 22.9 Å². The summed E-state index contributed by atoms with van der Waals surface area (Å²) in [6.45, 7) is 4.40. The number of nitriles is 1. The Morgan fingerprint density at radius 3 is 2.68 bits per heavy atom. The maximum atomic E-state index is 13.2. The SMILES string of the molecule is CC(C)Cc1ccc(-c2csc(/C(C#N)=C/Nc3ccc(F)c(Cl)c3)n2)cc1. The molecule has 6 heteroatoms. The van der Waals surface area contributed by atoms with Crippen molar-refractivity contribution in [3.8, 4) is 17.3 Å². The number of nitrogens with one attached hydrogen (secondary N) is 1. The second-order valence-corrected chi connectivity index (χ2v) is 8.04. The Bertz CT molecular complexity index is 1030. The van der Waals surface area contributed by atoms with Gasteiger partial charge in [0.1, 0.15) is 22.5 Å². The topological polar surface area (TPSA) is 48.7 Å². The zero-order valence-electron chi connectivity index (χ0n) is 15.5. The van der Waals surface area contributed by atoms with Gasteiger partial charge in [-0.25, -0.2) is 9.37 Å². The molecule has 0 bridgehead atoms. The Balaban J connectivity index is 1.77. The van der Waals surface area contributed by atoms with Crippen LogP contribution in [0.25, 0.3) is 16.8 Å². The van der Waals surface area contributed by atoms with Crippen LogP contribution < -0.4 is 5.32 Å². The Kier molecular flexibility index (Phi) is 6.45. The summed E-state index contributed by atoms with van der Waals surface area (Å²) in [5, 5.41) is 15.0. The van der Waals surface area contributed by atoms with Gasteiger partial charge in [0.05, 0.1) is 10.7 Å². The maximum Gasteiger partial charge on any atom is 0.141 e. The molecule has 3 aromatic rings. The van der Waals surface area contributed by atoms with Crippen molar-refractivity contribution in [3.05, 3.63) is 75.5 Å². The first-order valence-electron chi connectivity index (χ1n) is 8.83. The monoisotopic (exact) mass is 411 g/mol. The van der Waals surface area contributed by atoms with E-state index in [1.807, 2.05) is 5.38 Å². The highest BCUT2D eigenvalue weighted by Gasteiger charge is 2.10. The Hall–Kier alpha value is -2.68. The van der Waals surface area contributed by atoms with Gasteiger partial charge in [-0.3, -0.25) is 0 Å². The van der Waals surface area contributed by atoms with Crippen LogP contribution in [0.15, 0.2) is 54.0 Å². The van der Waals surface area contributed by atoms with E-state index in [0.29, 0.717) is 22.2 Å². The van der Waals surface area contributed by atoms with Gasteiger partial charge >= 0.3 is 0 Å². The highest BCUT2D eigenvalue weighted by atomic mass is 35.5. The highest BCUT2D eigenvalue weighted by Crippen LogP contribution is 2.27. The van der Waals surface area contributed by atoms with Crippen molar-refractivity contribution in [2.45, 2.75) is 20.3 Å². The lowest BCUT2D eigenvalue weighted by atomic mass is 10.0. The quantitative estimate of drug-likeness (QED) is 0.455. The van der Waals surface area contributed by atoms with Crippen LogP contribution in [-0.2, 0) is 6.42 Å². The number of anilines is 1. The second kappa shape index (κ2) is 9.01. The van der Waals surface area contributed by atoms with Crippen LogP contribution in [0.4, 0.5) is 10.1 Å². The fourth-order valence-electron chi connectivity index (χ4n) is 2.70. The number of nitrogens with zero attached hydrogens (tertiary/aromatic N) is 2. The van der Waals surface area contributed by atoms with E-state index in [1.54, 1.807) is 12.3 Å². The molecule has 0 aliphatic heterocycles. The normalized spacial score (nSPS) is 11.5. The minimum atomic E-state index is -0.485.